The number of rotatable bonds is 6. The predicted molar refractivity (Wildman–Crippen MR) is 59.8 cm³/mol. The number of ether oxygens (including phenoxy) is 1. The van der Waals surface area contributed by atoms with Crippen LogP contribution >= 0.6 is 0 Å². The highest BCUT2D eigenvalue weighted by Crippen LogP contribution is 2.23. The Morgan fingerprint density at radius 2 is 2.10 bits per heavy atom. The molecule has 0 aliphatic rings. The van der Waals surface area contributed by atoms with E-state index in [1.165, 1.54) is 20.2 Å². The Morgan fingerprint density at radius 3 is 2.55 bits per heavy atom. The molecule has 0 bridgehead atoms. The van der Waals surface area contributed by atoms with Gasteiger partial charge in [-0.05, 0) is 6.07 Å². The molecule has 20 heavy (non-hydrogen) atoms. The summed E-state index contributed by atoms with van der Waals surface area (Å²) in [5.74, 6) is -5.06. The zero-order valence-corrected chi connectivity index (χ0v) is 10.6. The van der Waals surface area contributed by atoms with Crippen LogP contribution < -0.4 is 4.74 Å². The van der Waals surface area contributed by atoms with Crippen molar-refractivity contribution in [3.05, 3.63) is 23.9 Å². The number of pyridine rings is 1. The summed E-state index contributed by atoms with van der Waals surface area (Å²) >= 11 is 0. The lowest BCUT2D eigenvalue weighted by Gasteiger charge is -2.16. The molecule has 1 aromatic rings. The Hall–Kier alpha value is -1.90. The van der Waals surface area contributed by atoms with E-state index >= 15 is 0 Å². The largest absolute Gasteiger partial charge is 0.471 e. The summed E-state index contributed by atoms with van der Waals surface area (Å²) in [7, 11) is 2.66. The normalized spacial score (nSPS) is 11.6. The van der Waals surface area contributed by atoms with Crippen molar-refractivity contribution >= 4 is 5.91 Å². The molecule has 0 aliphatic carbocycles. The minimum Gasteiger partial charge on any atom is -0.471 e. The lowest BCUT2D eigenvalue weighted by molar-refractivity contribution is -0.148. The quantitative estimate of drug-likeness (QED) is 0.595. The monoisotopic (exact) mass is 296 g/mol. The number of hydrogen-bond donors (Lipinski definition) is 0. The van der Waals surface area contributed by atoms with Crippen molar-refractivity contribution in [1.29, 1.82) is 0 Å². The van der Waals surface area contributed by atoms with Crippen LogP contribution in [0.3, 0.4) is 0 Å². The molecule has 0 spiro atoms. The number of alkyl halides is 4. The maximum absolute atomic E-state index is 12.6. The first kappa shape index (κ1) is 16.2. The molecule has 0 fully saturated rings. The Labute approximate surface area is 112 Å². The molecule has 1 aromatic heterocycles. The predicted octanol–water partition coefficient (Wildman–Crippen LogP) is 1.99. The lowest BCUT2D eigenvalue weighted by atomic mass is 10.2. The average Bonchev–Trinajstić information content (AvgIpc) is 2.44. The van der Waals surface area contributed by atoms with Gasteiger partial charge in [0.15, 0.2) is 6.61 Å². The number of carbonyl (C=O) groups is 1. The maximum atomic E-state index is 12.6. The molecule has 0 unspecified atom stereocenters. The zero-order chi connectivity index (χ0) is 15.3. The standard InChI is InChI=1S/C11H12F4N2O3/c1-17(19-2)9(18)7-3-4-8(16-5-7)20-6-11(14,15)10(12)13/h3-5,10H,6H2,1-2H3. The summed E-state index contributed by atoms with van der Waals surface area (Å²) < 4.78 is 53.5. The van der Waals surface area contributed by atoms with Crippen LogP contribution in [0.25, 0.3) is 0 Å². The van der Waals surface area contributed by atoms with Crippen LogP contribution in [0.2, 0.25) is 0 Å². The second kappa shape index (κ2) is 6.51. The zero-order valence-electron chi connectivity index (χ0n) is 10.6. The van der Waals surface area contributed by atoms with E-state index < -0.39 is 24.9 Å². The second-order valence-corrected chi connectivity index (χ2v) is 3.72. The van der Waals surface area contributed by atoms with Gasteiger partial charge in [0.25, 0.3) is 5.91 Å². The number of nitrogens with zero attached hydrogens (tertiary/aromatic N) is 2. The maximum Gasteiger partial charge on any atom is 0.340 e. The van der Waals surface area contributed by atoms with Gasteiger partial charge in [-0.2, -0.15) is 8.78 Å². The van der Waals surface area contributed by atoms with Crippen LogP contribution in [0.1, 0.15) is 10.4 Å². The molecule has 1 amide bonds. The van der Waals surface area contributed by atoms with Crippen molar-refractivity contribution in [1.82, 2.24) is 10.0 Å². The molecule has 1 rings (SSSR count). The van der Waals surface area contributed by atoms with Crippen molar-refractivity contribution < 1.29 is 31.9 Å². The SMILES string of the molecule is CON(C)C(=O)c1ccc(OCC(F)(F)C(F)F)nc1. The lowest BCUT2D eigenvalue weighted by Crippen LogP contribution is -2.33. The highest BCUT2D eigenvalue weighted by molar-refractivity contribution is 5.93. The van der Waals surface area contributed by atoms with E-state index in [0.29, 0.717) is 0 Å². The number of amides is 1. The third kappa shape index (κ3) is 4.05. The highest BCUT2D eigenvalue weighted by Gasteiger charge is 2.41. The first-order valence-electron chi connectivity index (χ1n) is 5.35. The molecular weight excluding hydrogens is 284 g/mol. The van der Waals surface area contributed by atoms with Crippen LogP contribution in [0.5, 0.6) is 5.88 Å². The Balaban J connectivity index is 2.66. The number of carbonyl (C=O) groups excluding carboxylic acids is 1. The van der Waals surface area contributed by atoms with E-state index in [0.717, 1.165) is 17.3 Å². The molecule has 0 aliphatic heterocycles. The van der Waals surface area contributed by atoms with Gasteiger partial charge in [-0.15, -0.1) is 0 Å². The van der Waals surface area contributed by atoms with Crippen molar-refractivity contribution in [2.45, 2.75) is 12.3 Å². The first-order chi connectivity index (χ1) is 9.27. The second-order valence-electron chi connectivity index (χ2n) is 3.72. The molecule has 0 radical (unpaired) electrons. The van der Waals surface area contributed by atoms with E-state index in [1.807, 2.05) is 0 Å². The number of hydroxylamine groups is 2. The van der Waals surface area contributed by atoms with Crippen LogP contribution in [0.4, 0.5) is 17.6 Å². The molecular formula is C11H12F4N2O3. The van der Waals surface area contributed by atoms with E-state index in [4.69, 9.17) is 0 Å². The third-order valence-electron chi connectivity index (χ3n) is 2.27. The molecule has 9 heteroatoms. The summed E-state index contributed by atoms with van der Waals surface area (Å²) in [5.41, 5.74) is 0.127. The Morgan fingerprint density at radius 1 is 1.45 bits per heavy atom. The van der Waals surface area contributed by atoms with E-state index in [2.05, 4.69) is 14.6 Å². The molecule has 0 saturated heterocycles. The van der Waals surface area contributed by atoms with Crippen molar-refractivity contribution in [3.63, 3.8) is 0 Å². The van der Waals surface area contributed by atoms with Crippen molar-refractivity contribution in [3.8, 4) is 5.88 Å². The Kier molecular flexibility index (Phi) is 5.26. The average molecular weight is 296 g/mol. The minimum absolute atomic E-state index is 0.127. The van der Waals surface area contributed by atoms with Crippen molar-refractivity contribution in [2.75, 3.05) is 20.8 Å². The summed E-state index contributed by atoms with van der Waals surface area (Å²) in [5, 5.41) is 0.933. The van der Waals surface area contributed by atoms with Gasteiger partial charge >= 0.3 is 12.3 Å². The summed E-state index contributed by atoms with van der Waals surface area (Å²) in [6.45, 7) is -1.50. The molecule has 112 valence electrons. The molecule has 1 heterocycles. The number of halogens is 4. The summed E-state index contributed by atoms with van der Waals surface area (Å²) in [6, 6.07) is 2.37. The molecule has 0 aromatic carbocycles. The van der Waals surface area contributed by atoms with Crippen LogP contribution in [0, 0.1) is 0 Å². The smallest absolute Gasteiger partial charge is 0.340 e. The molecule has 5 nitrogen and oxygen atoms in total. The third-order valence-corrected chi connectivity index (χ3v) is 2.27. The van der Waals surface area contributed by atoms with Crippen LogP contribution in [0.15, 0.2) is 18.3 Å². The van der Waals surface area contributed by atoms with Crippen LogP contribution in [-0.4, -0.2) is 49.1 Å². The van der Waals surface area contributed by atoms with Gasteiger partial charge in [0.1, 0.15) is 0 Å². The molecule has 0 N–H and O–H groups in total. The van der Waals surface area contributed by atoms with Crippen molar-refractivity contribution in [2.24, 2.45) is 0 Å². The fourth-order valence-electron chi connectivity index (χ4n) is 1.09. The number of hydrogen-bond acceptors (Lipinski definition) is 4. The van der Waals surface area contributed by atoms with Gasteiger partial charge in [-0.3, -0.25) is 9.63 Å². The van der Waals surface area contributed by atoms with Gasteiger partial charge in [-0.25, -0.2) is 18.8 Å². The first-order valence-corrected chi connectivity index (χ1v) is 5.35. The van der Waals surface area contributed by atoms with Gasteiger partial charge in [0.2, 0.25) is 5.88 Å². The van der Waals surface area contributed by atoms with E-state index in [-0.39, 0.29) is 11.4 Å². The van der Waals surface area contributed by atoms with E-state index in [1.54, 1.807) is 0 Å². The molecule has 0 atom stereocenters. The fourth-order valence-corrected chi connectivity index (χ4v) is 1.09. The Bertz CT molecular complexity index is 453. The number of aromatic nitrogens is 1. The van der Waals surface area contributed by atoms with Gasteiger partial charge < -0.3 is 4.74 Å². The fraction of sp³-hybridized carbons (Fsp3) is 0.455. The van der Waals surface area contributed by atoms with Gasteiger partial charge in [0.05, 0.1) is 12.7 Å². The van der Waals surface area contributed by atoms with Gasteiger partial charge in [-0.1, -0.05) is 0 Å². The highest BCUT2D eigenvalue weighted by atomic mass is 19.3. The summed E-state index contributed by atoms with van der Waals surface area (Å²) in [4.78, 5) is 19.8. The summed E-state index contributed by atoms with van der Waals surface area (Å²) in [6.07, 6.45) is -2.76. The minimum atomic E-state index is -4.26. The van der Waals surface area contributed by atoms with Gasteiger partial charge in [0, 0.05) is 19.3 Å². The molecule has 0 saturated carbocycles. The topological polar surface area (TPSA) is 51.7 Å². The van der Waals surface area contributed by atoms with Crippen LogP contribution in [-0.2, 0) is 4.84 Å². The van der Waals surface area contributed by atoms with E-state index in [9.17, 15) is 22.4 Å².